The molecule has 0 unspecified atom stereocenters. The van der Waals surface area contributed by atoms with Crippen LogP contribution in [-0.2, 0) is 14.1 Å². The van der Waals surface area contributed by atoms with Crippen LogP contribution in [0.5, 0.6) is 0 Å². The molecule has 0 saturated carbocycles. The fourth-order valence-electron chi connectivity index (χ4n) is 4.93. The molecule has 0 saturated heterocycles. The van der Waals surface area contributed by atoms with Crippen molar-refractivity contribution in [2.24, 2.45) is 14.1 Å². The molecule has 2 N–H and O–H groups in total. The summed E-state index contributed by atoms with van der Waals surface area (Å²) in [4.78, 5) is 27.5. The number of halogens is 2. The molecule has 0 aliphatic carbocycles. The topological polar surface area (TPSA) is 68.1 Å². The number of hydrogen-bond donors (Lipinski definition) is 2. The molecule has 6 rings (SSSR count). The average Bonchev–Trinajstić information content (AvgIpc) is 3.41. The SMILES string of the molecule is Cn1c(SSc2c(C(=O)Nc3ccccc3)c3cc(Br)ccc3n2C)c(C(=O)Nc2ccccc2)c2cc(Br)ccc21. The summed E-state index contributed by atoms with van der Waals surface area (Å²) in [6, 6.07) is 30.7. The van der Waals surface area contributed by atoms with Gasteiger partial charge in [-0.15, -0.1) is 0 Å². The Morgan fingerprint density at radius 2 is 0.976 bits per heavy atom. The molecule has 2 aromatic heterocycles. The minimum atomic E-state index is -0.198. The summed E-state index contributed by atoms with van der Waals surface area (Å²) in [6.45, 7) is 0. The highest BCUT2D eigenvalue weighted by Crippen LogP contribution is 2.46. The number of nitrogens with one attached hydrogen (secondary N) is 2. The molecule has 42 heavy (non-hydrogen) atoms. The van der Waals surface area contributed by atoms with Crippen molar-refractivity contribution >= 4 is 98.4 Å². The van der Waals surface area contributed by atoms with Gasteiger partial charge in [0, 0.05) is 56.2 Å². The van der Waals surface area contributed by atoms with E-state index >= 15 is 0 Å². The molecular formula is C32H24Br2N4O2S2. The molecule has 10 heteroatoms. The molecule has 0 spiro atoms. The van der Waals surface area contributed by atoms with E-state index in [0.717, 1.165) is 52.2 Å². The van der Waals surface area contributed by atoms with Crippen LogP contribution < -0.4 is 10.6 Å². The minimum Gasteiger partial charge on any atom is -0.337 e. The molecule has 0 bridgehead atoms. The fourth-order valence-corrected chi connectivity index (χ4v) is 8.45. The van der Waals surface area contributed by atoms with Gasteiger partial charge in [0.15, 0.2) is 0 Å². The smallest absolute Gasteiger partial charge is 0.259 e. The quantitative estimate of drug-likeness (QED) is 0.161. The third-order valence-electron chi connectivity index (χ3n) is 6.93. The van der Waals surface area contributed by atoms with Gasteiger partial charge in [-0.1, -0.05) is 68.3 Å². The van der Waals surface area contributed by atoms with Gasteiger partial charge in [0.05, 0.1) is 21.2 Å². The van der Waals surface area contributed by atoms with Gasteiger partial charge < -0.3 is 19.8 Å². The summed E-state index contributed by atoms with van der Waals surface area (Å²) in [5.41, 5.74) is 4.46. The van der Waals surface area contributed by atoms with E-state index in [1.807, 2.05) is 120 Å². The van der Waals surface area contributed by atoms with E-state index in [4.69, 9.17) is 0 Å². The summed E-state index contributed by atoms with van der Waals surface area (Å²) >= 11 is 7.15. The maximum Gasteiger partial charge on any atom is 0.259 e. The van der Waals surface area contributed by atoms with E-state index in [0.29, 0.717) is 11.1 Å². The summed E-state index contributed by atoms with van der Waals surface area (Å²) < 4.78 is 5.83. The number of aryl methyl sites for hydroxylation is 2. The molecule has 210 valence electrons. The highest BCUT2D eigenvalue weighted by atomic mass is 79.9. The molecule has 2 amide bonds. The van der Waals surface area contributed by atoms with Crippen molar-refractivity contribution in [3.05, 3.63) is 117 Å². The Morgan fingerprint density at radius 3 is 1.36 bits per heavy atom. The minimum absolute atomic E-state index is 0.198. The van der Waals surface area contributed by atoms with Crippen LogP contribution in [0.25, 0.3) is 21.8 Å². The molecule has 0 aliphatic rings. The summed E-state index contributed by atoms with van der Waals surface area (Å²) in [7, 11) is 6.84. The van der Waals surface area contributed by atoms with Crippen molar-refractivity contribution in [3.63, 3.8) is 0 Å². The molecule has 2 heterocycles. The molecule has 0 fully saturated rings. The second-order valence-electron chi connectivity index (χ2n) is 9.61. The number of hydrogen-bond acceptors (Lipinski definition) is 4. The van der Waals surface area contributed by atoms with Gasteiger partial charge in [0.1, 0.15) is 0 Å². The van der Waals surface area contributed by atoms with Crippen LogP contribution in [0.4, 0.5) is 11.4 Å². The molecule has 4 aromatic carbocycles. The Kier molecular flexibility index (Phi) is 8.22. The van der Waals surface area contributed by atoms with Crippen LogP contribution in [0.1, 0.15) is 20.7 Å². The first-order valence-electron chi connectivity index (χ1n) is 12.9. The predicted molar refractivity (Wildman–Crippen MR) is 182 cm³/mol. The Morgan fingerprint density at radius 1 is 0.595 bits per heavy atom. The van der Waals surface area contributed by atoms with Crippen molar-refractivity contribution in [2.45, 2.75) is 10.1 Å². The van der Waals surface area contributed by atoms with Gasteiger partial charge >= 0.3 is 0 Å². The monoisotopic (exact) mass is 718 g/mol. The zero-order valence-corrected chi connectivity index (χ0v) is 27.3. The van der Waals surface area contributed by atoms with Gasteiger partial charge in [-0.2, -0.15) is 0 Å². The molecule has 0 atom stereocenters. The van der Waals surface area contributed by atoms with Crippen LogP contribution in [0, 0.1) is 0 Å². The van der Waals surface area contributed by atoms with Gasteiger partial charge in [-0.05, 0) is 82.3 Å². The number of carbonyl (C=O) groups is 2. The van der Waals surface area contributed by atoms with Gasteiger partial charge in [0.25, 0.3) is 11.8 Å². The molecule has 0 radical (unpaired) electrons. The van der Waals surface area contributed by atoms with E-state index in [2.05, 4.69) is 42.5 Å². The lowest BCUT2D eigenvalue weighted by molar-refractivity contribution is 0.101. The first-order valence-corrected chi connectivity index (χ1v) is 16.7. The normalized spacial score (nSPS) is 11.2. The fraction of sp³-hybridized carbons (Fsp3) is 0.0625. The number of rotatable bonds is 7. The number of aromatic nitrogens is 2. The van der Waals surface area contributed by atoms with Crippen LogP contribution in [0.15, 0.2) is 116 Å². The molecule has 6 nitrogen and oxygen atoms in total. The second-order valence-corrected chi connectivity index (χ2v) is 13.5. The van der Waals surface area contributed by atoms with Crippen molar-refractivity contribution in [1.29, 1.82) is 0 Å². The number of benzene rings is 4. The van der Waals surface area contributed by atoms with Crippen molar-refractivity contribution in [2.75, 3.05) is 10.6 Å². The Labute approximate surface area is 267 Å². The highest BCUT2D eigenvalue weighted by Gasteiger charge is 2.26. The number of anilines is 2. The van der Waals surface area contributed by atoms with E-state index in [1.54, 1.807) is 0 Å². The zero-order chi connectivity index (χ0) is 29.4. The Hall–Kier alpha value is -3.44. The number of amides is 2. The second kappa shape index (κ2) is 12.0. The van der Waals surface area contributed by atoms with Crippen LogP contribution >= 0.6 is 53.4 Å². The first-order chi connectivity index (χ1) is 20.3. The maximum absolute atomic E-state index is 13.8. The molecule has 6 aromatic rings. The van der Waals surface area contributed by atoms with Crippen LogP contribution in [-0.4, -0.2) is 20.9 Å². The number of fused-ring (bicyclic) bond motifs is 2. The number of carbonyl (C=O) groups excluding carboxylic acids is 2. The van der Waals surface area contributed by atoms with Crippen molar-refractivity contribution in [3.8, 4) is 0 Å². The number of para-hydroxylation sites is 2. The van der Waals surface area contributed by atoms with E-state index < -0.39 is 0 Å². The predicted octanol–water partition coefficient (Wildman–Crippen LogP) is 9.50. The summed E-state index contributed by atoms with van der Waals surface area (Å²) in [6.07, 6.45) is 0. The van der Waals surface area contributed by atoms with Gasteiger partial charge in [-0.25, -0.2) is 0 Å². The Balaban J connectivity index is 1.43. The Bertz CT molecular complexity index is 1830. The lowest BCUT2D eigenvalue weighted by atomic mass is 10.1. The van der Waals surface area contributed by atoms with E-state index in [1.165, 1.54) is 21.6 Å². The van der Waals surface area contributed by atoms with Gasteiger partial charge in [0.2, 0.25) is 0 Å². The lowest BCUT2D eigenvalue weighted by Gasteiger charge is -2.11. The maximum atomic E-state index is 13.8. The molecule has 0 aliphatic heterocycles. The summed E-state index contributed by atoms with van der Waals surface area (Å²) in [5.74, 6) is -0.396. The van der Waals surface area contributed by atoms with Crippen molar-refractivity contribution in [1.82, 2.24) is 9.13 Å². The van der Waals surface area contributed by atoms with Crippen LogP contribution in [0.2, 0.25) is 0 Å². The van der Waals surface area contributed by atoms with Crippen LogP contribution in [0.3, 0.4) is 0 Å². The van der Waals surface area contributed by atoms with Crippen molar-refractivity contribution < 1.29 is 9.59 Å². The zero-order valence-electron chi connectivity index (χ0n) is 22.5. The first kappa shape index (κ1) is 28.7. The standard InChI is InChI=1S/C32H24Br2N4O2S2/c1-37-25-15-13-19(33)17-23(25)27(29(39)35-21-9-5-3-6-10-21)31(37)41-42-32-28(30(40)36-22-11-7-4-8-12-22)24-18-20(34)14-16-26(24)38(32)2/h3-18H,1-2H3,(H,35,39)(H,36,40). The lowest BCUT2D eigenvalue weighted by Crippen LogP contribution is -2.13. The summed E-state index contributed by atoms with van der Waals surface area (Å²) in [5, 5.41) is 9.34. The highest BCUT2D eigenvalue weighted by molar-refractivity contribution is 9.10. The van der Waals surface area contributed by atoms with Gasteiger partial charge in [-0.3, -0.25) is 9.59 Å². The third-order valence-corrected chi connectivity index (χ3v) is 10.5. The number of nitrogens with zero attached hydrogens (tertiary/aromatic N) is 2. The largest absolute Gasteiger partial charge is 0.337 e. The van der Waals surface area contributed by atoms with E-state index in [-0.39, 0.29) is 11.8 Å². The molecular weight excluding hydrogens is 696 g/mol. The third kappa shape index (κ3) is 5.51. The average molecular weight is 721 g/mol. The van der Waals surface area contributed by atoms with E-state index in [9.17, 15) is 9.59 Å².